The predicted molar refractivity (Wildman–Crippen MR) is 272 cm³/mol. The van der Waals surface area contributed by atoms with Gasteiger partial charge in [-0.1, -0.05) is 46.8 Å². The molecule has 0 bridgehead atoms. The lowest BCUT2D eigenvalue weighted by atomic mass is 9.86. The summed E-state index contributed by atoms with van der Waals surface area (Å²) in [6.45, 7) is 20.3. The van der Waals surface area contributed by atoms with Crippen LogP contribution >= 0.6 is 0 Å². The van der Waals surface area contributed by atoms with Gasteiger partial charge in [0.2, 0.25) is 17.8 Å². The number of hydrogen-bond donors (Lipinski definition) is 3. The molecule has 370 valence electrons. The molecule has 0 unspecified atom stereocenters. The summed E-state index contributed by atoms with van der Waals surface area (Å²) in [6, 6.07) is 15.6. The van der Waals surface area contributed by atoms with Crippen LogP contribution < -0.4 is 10.6 Å². The van der Waals surface area contributed by atoms with E-state index in [2.05, 4.69) is 90.5 Å². The summed E-state index contributed by atoms with van der Waals surface area (Å²) in [4.78, 5) is 42.7. The topological polar surface area (TPSA) is 181 Å². The van der Waals surface area contributed by atoms with Crippen LogP contribution in [0.2, 0.25) is 0 Å². The minimum absolute atomic E-state index is 0.00270. The molecule has 1 amide bonds. The van der Waals surface area contributed by atoms with Gasteiger partial charge in [0.15, 0.2) is 11.6 Å². The number of halogens is 2. The van der Waals surface area contributed by atoms with E-state index in [0.29, 0.717) is 42.7 Å². The van der Waals surface area contributed by atoms with Gasteiger partial charge in [-0.15, -0.1) is 0 Å². The second-order valence-corrected chi connectivity index (χ2v) is 20.8. The number of nitrogens with one attached hydrogen (secondary N) is 2. The maximum Gasteiger partial charge on any atom is 0.248 e. The van der Waals surface area contributed by atoms with Crippen molar-refractivity contribution in [2.45, 2.75) is 111 Å². The van der Waals surface area contributed by atoms with Crippen LogP contribution in [0.5, 0.6) is 0 Å². The van der Waals surface area contributed by atoms with Crippen molar-refractivity contribution in [3.63, 3.8) is 0 Å². The Morgan fingerprint density at radius 2 is 1.15 bits per heavy atom. The van der Waals surface area contributed by atoms with Crippen LogP contribution in [0.1, 0.15) is 92.5 Å². The number of amides is 1. The molecule has 0 fully saturated rings. The molecule has 2 aromatic carbocycles. The number of pyridine rings is 2. The highest BCUT2D eigenvalue weighted by molar-refractivity contribution is 5.91. The fraction of sp³-hybridized carbons (Fsp3) is 0.389. The molecule has 8 aromatic rings. The Kier molecular flexibility index (Phi) is 11.8. The van der Waals surface area contributed by atoms with Crippen LogP contribution in [0, 0.1) is 25.5 Å². The average molecular weight is 973 g/mol. The Balaban J connectivity index is 0.000000156. The third kappa shape index (κ3) is 8.59. The number of aliphatic hydroxyl groups excluding tert-OH is 1. The Labute approximate surface area is 416 Å². The molecule has 0 aliphatic carbocycles. The first-order valence-electron chi connectivity index (χ1n) is 24.8. The van der Waals surface area contributed by atoms with Gasteiger partial charge in [0.25, 0.3) is 0 Å². The molecule has 10 heterocycles. The van der Waals surface area contributed by atoms with E-state index in [0.717, 1.165) is 107 Å². The molecule has 4 aliphatic rings. The number of rotatable bonds is 8. The molecular weight excluding hydrogens is 915 g/mol. The predicted octanol–water partition coefficient (Wildman–Crippen LogP) is 8.78. The molecule has 3 N–H and O–H groups in total. The van der Waals surface area contributed by atoms with Crippen molar-refractivity contribution < 1.29 is 18.7 Å². The van der Waals surface area contributed by atoms with Crippen molar-refractivity contribution in [2.24, 2.45) is 0 Å². The Hall–Kier alpha value is -7.31. The van der Waals surface area contributed by atoms with Crippen LogP contribution in [-0.2, 0) is 54.6 Å². The summed E-state index contributed by atoms with van der Waals surface area (Å²) in [5.41, 5.74) is 12.4. The minimum Gasteiger partial charge on any atom is -0.387 e. The quantitative estimate of drug-likeness (QED) is 0.132. The van der Waals surface area contributed by atoms with Gasteiger partial charge in [-0.2, -0.15) is 10.2 Å². The average Bonchev–Trinajstić information content (AvgIpc) is 4.12. The molecule has 18 heteroatoms. The maximum atomic E-state index is 15.0. The summed E-state index contributed by atoms with van der Waals surface area (Å²) in [7, 11) is 0. The number of aromatic nitrogens is 10. The standard InChI is InChI=1S/C27H28FN7O2.C27H30FN7/c1-15-10-17(11-18-23(15)33-35-9-7-27(2,3)25(18)35)24-19(28)12-29-26(32-24)31-21-5-4-16-13-34(22(37)14-36)8-6-20(16)30-21;1-5-34-10-8-21-17(15-34)6-7-22(30-21)31-26-29-14-20(28)24(32-26)18-12-16(2)23-19(13-18)25-27(3,4)9-11-35(25)33-23/h4-5,10-12,36H,6-9,13-14H2,1-3H3,(H,29,30,31,32);6-7,12-14H,5,8-11,15H2,1-4H3,(H,29,30,31,32). The first-order chi connectivity index (χ1) is 34.5. The SMILES string of the molecule is CCN1CCc2nc(Nc3ncc(F)c(-c4cc(C)c5nn6c(c5c4)C(C)(C)CC6)n3)ccc2C1.Cc1cc(-c2nc(Nc3ccc4c(n3)CCN(C(=O)CO)C4)ncc2F)cc2c3n(nc12)CCC3(C)C. The fourth-order valence-corrected chi connectivity index (χ4v) is 10.9. The van der Waals surface area contributed by atoms with Crippen LogP contribution in [0.15, 0.2) is 60.9 Å². The highest BCUT2D eigenvalue weighted by Crippen LogP contribution is 2.43. The first-order valence-corrected chi connectivity index (χ1v) is 24.8. The Morgan fingerprint density at radius 1 is 0.667 bits per heavy atom. The fourth-order valence-electron chi connectivity index (χ4n) is 10.9. The van der Waals surface area contributed by atoms with Crippen molar-refractivity contribution in [3.05, 3.63) is 118 Å². The van der Waals surface area contributed by atoms with Crippen molar-refractivity contribution in [3.8, 4) is 22.5 Å². The number of carbonyl (C=O) groups is 1. The molecule has 4 aliphatic heterocycles. The van der Waals surface area contributed by atoms with Crippen LogP contribution in [0.4, 0.5) is 32.3 Å². The monoisotopic (exact) mass is 972 g/mol. The largest absolute Gasteiger partial charge is 0.387 e. The molecule has 0 saturated carbocycles. The highest BCUT2D eigenvalue weighted by Gasteiger charge is 2.36. The van der Waals surface area contributed by atoms with Crippen LogP contribution in [0.25, 0.3) is 44.3 Å². The Bertz CT molecular complexity index is 3470. The van der Waals surface area contributed by atoms with Crippen molar-refractivity contribution >= 4 is 51.2 Å². The molecule has 6 aromatic heterocycles. The van der Waals surface area contributed by atoms with Gasteiger partial charge in [0.05, 0.1) is 34.8 Å². The van der Waals surface area contributed by atoms with Gasteiger partial charge >= 0.3 is 0 Å². The van der Waals surface area contributed by atoms with E-state index in [1.807, 2.05) is 50.2 Å². The zero-order valence-electron chi connectivity index (χ0n) is 41.7. The Morgan fingerprint density at radius 3 is 1.64 bits per heavy atom. The van der Waals surface area contributed by atoms with Gasteiger partial charge in [0.1, 0.15) is 29.6 Å². The van der Waals surface area contributed by atoms with E-state index in [-0.39, 0.29) is 34.1 Å². The maximum absolute atomic E-state index is 15.0. The second-order valence-electron chi connectivity index (χ2n) is 20.8. The number of hydrogen-bond acceptors (Lipinski definition) is 13. The molecule has 0 atom stereocenters. The summed E-state index contributed by atoms with van der Waals surface area (Å²) in [5.74, 6) is 0.552. The molecule has 0 saturated heterocycles. The van der Waals surface area contributed by atoms with E-state index < -0.39 is 18.2 Å². The number of carbonyl (C=O) groups excluding carboxylic acids is 1. The molecular formula is C54H58F2N14O2. The van der Waals surface area contributed by atoms with Gasteiger partial charge < -0.3 is 20.6 Å². The van der Waals surface area contributed by atoms with E-state index in [1.54, 1.807) is 11.0 Å². The summed E-state index contributed by atoms with van der Waals surface area (Å²) in [6.07, 6.45) is 5.97. The molecule has 16 nitrogen and oxygen atoms in total. The first kappa shape index (κ1) is 47.0. The van der Waals surface area contributed by atoms with E-state index in [1.165, 1.54) is 29.3 Å². The number of likely N-dealkylation sites (N-methyl/N-ethyl adjacent to an activating group) is 1. The minimum atomic E-state index is -0.501. The third-order valence-corrected chi connectivity index (χ3v) is 14.9. The summed E-state index contributed by atoms with van der Waals surface area (Å²) >= 11 is 0. The van der Waals surface area contributed by atoms with Gasteiger partial charge in [-0.3, -0.25) is 19.1 Å². The zero-order valence-corrected chi connectivity index (χ0v) is 41.7. The molecule has 0 spiro atoms. The highest BCUT2D eigenvalue weighted by atomic mass is 19.1. The van der Waals surface area contributed by atoms with Crippen molar-refractivity contribution in [2.75, 3.05) is 36.9 Å². The number of aliphatic hydroxyl groups is 1. The third-order valence-electron chi connectivity index (χ3n) is 14.9. The van der Waals surface area contributed by atoms with Crippen molar-refractivity contribution in [1.29, 1.82) is 0 Å². The molecule has 12 rings (SSSR count). The van der Waals surface area contributed by atoms with Crippen molar-refractivity contribution in [1.82, 2.24) is 59.3 Å². The smallest absolute Gasteiger partial charge is 0.248 e. The number of aryl methyl sites for hydroxylation is 4. The van der Waals surface area contributed by atoms with Gasteiger partial charge in [-0.05, 0) is 91.9 Å². The lowest BCUT2D eigenvalue weighted by molar-refractivity contribution is -0.135. The normalized spacial score (nSPS) is 16.5. The van der Waals surface area contributed by atoms with Crippen LogP contribution in [0.3, 0.4) is 0 Å². The molecule has 0 radical (unpaired) electrons. The number of fused-ring (bicyclic) bond motifs is 8. The zero-order chi connectivity index (χ0) is 50.2. The number of benzene rings is 2. The number of nitrogens with zero attached hydrogens (tertiary/aromatic N) is 12. The van der Waals surface area contributed by atoms with E-state index in [4.69, 9.17) is 20.3 Å². The summed E-state index contributed by atoms with van der Waals surface area (Å²) < 4.78 is 34.2. The summed E-state index contributed by atoms with van der Waals surface area (Å²) in [5, 5.41) is 27.2. The lowest BCUT2D eigenvalue weighted by Gasteiger charge is -2.28. The van der Waals surface area contributed by atoms with Crippen LogP contribution in [-0.4, -0.2) is 96.5 Å². The second kappa shape index (κ2) is 18.1. The van der Waals surface area contributed by atoms with E-state index >= 15 is 0 Å². The lowest BCUT2D eigenvalue weighted by Crippen LogP contribution is -2.37. The van der Waals surface area contributed by atoms with E-state index in [9.17, 15) is 13.6 Å². The molecule has 72 heavy (non-hydrogen) atoms. The number of anilines is 4. The van der Waals surface area contributed by atoms with Gasteiger partial charge in [0, 0.05) is 96.2 Å². The van der Waals surface area contributed by atoms with Gasteiger partial charge in [-0.25, -0.2) is 38.7 Å².